The van der Waals surface area contributed by atoms with E-state index < -0.39 is 6.10 Å². The number of carbonyl (C=O) groups is 1. The second-order valence-corrected chi connectivity index (χ2v) is 7.50. The molecule has 27 heavy (non-hydrogen) atoms. The van der Waals surface area contributed by atoms with Gasteiger partial charge in [0.2, 0.25) is 0 Å². The van der Waals surface area contributed by atoms with Crippen LogP contribution in [0.3, 0.4) is 0 Å². The van der Waals surface area contributed by atoms with E-state index in [0.29, 0.717) is 18.9 Å². The van der Waals surface area contributed by atoms with Crippen molar-refractivity contribution >= 4 is 5.91 Å². The maximum atomic E-state index is 12.5. The maximum absolute atomic E-state index is 12.5. The monoisotopic (exact) mass is 367 g/mol. The third kappa shape index (κ3) is 6.13. The predicted octanol–water partition coefficient (Wildman–Crippen LogP) is 5.33. The van der Waals surface area contributed by atoms with Crippen molar-refractivity contribution in [3.05, 3.63) is 64.7 Å². The lowest BCUT2D eigenvalue weighted by atomic mass is 10.0. The van der Waals surface area contributed by atoms with Gasteiger partial charge in [-0.25, -0.2) is 0 Å². The number of hydrogen-bond donors (Lipinski definition) is 1. The van der Waals surface area contributed by atoms with E-state index >= 15 is 0 Å². The third-order valence-electron chi connectivity index (χ3n) is 5.08. The van der Waals surface area contributed by atoms with Gasteiger partial charge in [0.1, 0.15) is 5.75 Å². The number of benzene rings is 2. The second kappa shape index (κ2) is 10.1. The lowest BCUT2D eigenvalue weighted by Gasteiger charge is -2.19. The average molecular weight is 368 g/mol. The van der Waals surface area contributed by atoms with Crippen molar-refractivity contribution in [3.8, 4) is 5.75 Å². The molecule has 0 aliphatic rings. The van der Waals surface area contributed by atoms with E-state index in [9.17, 15) is 4.79 Å². The summed E-state index contributed by atoms with van der Waals surface area (Å²) in [6.07, 6.45) is 2.09. The first-order chi connectivity index (χ1) is 12.9. The summed E-state index contributed by atoms with van der Waals surface area (Å²) in [7, 11) is 0. The van der Waals surface area contributed by atoms with E-state index in [2.05, 4.69) is 56.4 Å². The Labute approximate surface area is 164 Å². The van der Waals surface area contributed by atoms with Crippen molar-refractivity contribution < 1.29 is 9.53 Å². The fourth-order valence-electron chi connectivity index (χ4n) is 3.01. The van der Waals surface area contributed by atoms with E-state index in [4.69, 9.17) is 4.74 Å². The van der Waals surface area contributed by atoms with E-state index in [1.54, 1.807) is 0 Å². The van der Waals surface area contributed by atoms with Crippen LogP contribution in [0.1, 0.15) is 61.8 Å². The summed E-state index contributed by atoms with van der Waals surface area (Å²) >= 11 is 0. The number of ether oxygens (including phenoxy) is 1. The molecule has 0 fully saturated rings. The minimum Gasteiger partial charge on any atom is -0.480 e. The molecule has 0 aliphatic heterocycles. The maximum Gasteiger partial charge on any atom is 0.261 e. The summed E-state index contributed by atoms with van der Waals surface area (Å²) in [5.74, 6) is 1.32. The molecule has 1 N–H and O–H groups in total. The molecular formula is C24H33NO2. The molecule has 1 atom stereocenters. The van der Waals surface area contributed by atoms with Crippen LogP contribution in [-0.4, -0.2) is 18.6 Å². The molecule has 0 aromatic heterocycles. The number of aryl methyl sites for hydroxylation is 2. The molecule has 0 spiro atoms. The van der Waals surface area contributed by atoms with Crippen LogP contribution in [0.15, 0.2) is 42.5 Å². The standard InChI is InChI=1S/C24H33NO2/c1-6-22(27-23-11-7-9-18(4)19(23)5)24(26)25-16-8-10-20-12-14-21(15-13-20)17(2)3/h7,9,11-15,17,22H,6,8,10,16H2,1-5H3,(H,25,26)/t22-/m1/s1. The van der Waals surface area contributed by atoms with Crippen LogP contribution in [0, 0.1) is 13.8 Å². The van der Waals surface area contributed by atoms with Crippen molar-refractivity contribution in [3.63, 3.8) is 0 Å². The van der Waals surface area contributed by atoms with Gasteiger partial charge in [0.05, 0.1) is 0 Å². The Morgan fingerprint density at radius 3 is 2.41 bits per heavy atom. The first kappa shape index (κ1) is 21.0. The van der Waals surface area contributed by atoms with E-state index in [1.807, 2.05) is 26.0 Å². The number of amides is 1. The summed E-state index contributed by atoms with van der Waals surface area (Å²) in [5.41, 5.74) is 4.94. The highest BCUT2D eigenvalue weighted by atomic mass is 16.5. The zero-order valence-electron chi connectivity index (χ0n) is 17.3. The lowest BCUT2D eigenvalue weighted by molar-refractivity contribution is -0.128. The van der Waals surface area contributed by atoms with Gasteiger partial charge in [0.15, 0.2) is 6.10 Å². The van der Waals surface area contributed by atoms with E-state index in [-0.39, 0.29) is 5.91 Å². The molecule has 3 nitrogen and oxygen atoms in total. The zero-order valence-corrected chi connectivity index (χ0v) is 17.3. The topological polar surface area (TPSA) is 38.3 Å². The van der Waals surface area contributed by atoms with E-state index in [1.165, 1.54) is 16.7 Å². The highest BCUT2D eigenvalue weighted by Crippen LogP contribution is 2.22. The van der Waals surface area contributed by atoms with Crippen molar-refractivity contribution in [2.75, 3.05) is 6.54 Å². The predicted molar refractivity (Wildman–Crippen MR) is 112 cm³/mol. The Kier molecular flexibility index (Phi) is 7.90. The molecule has 0 saturated heterocycles. The van der Waals surface area contributed by atoms with Gasteiger partial charge in [0, 0.05) is 6.54 Å². The Hall–Kier alpha value is -2.29. The normalized spacial score (nSPS) is 12.1. The van der Waals surface area contributed by atoms with Crippen LogP contribution in [0.5, 0.6) is 5.75 Å². The Bertz CT molecular complexity index is 735. The van der Waals surface area contributed by atoms with Crippen LogP contribution in [0.4, 0.5) is 0 Å². The number of carbonyl (C=O) groups excluding carboxylic acids is 1. The van der Waals surface area contributed by atoms with Crippen molar-refractivity contribution in [2.24, 2.45) is 0 Å². The van der Waals surface area contributed by atoms with Crippen LogP contribution >= 0.6 is 0 Å². The van der Waals surface area contributed by atoms with Crippen molar-refractivity contribution in [2.45, 2.75) is 65.9 Å². The molecular weight excluding hydrogens is 334 g/mol. The molecule has 0 heterocycles. The average Bonchev–Trinajstić information content (AvgIpc) is 2.66. The Balaban J connectivity index is 1.80. The summed E-state index contributed by atoms with van der Waals surface area (Å²) in [6, 6.07) is 14.7. The molecule has 2 aromatic carbocycles. The van der Waals surface area contributed by atoms with Crippen molar-refractivity contribution in [1.29, 1.82) is 0 Å². The van der Waals surface area contributed by atoms with Crippen LogP contribution in [0.2, 0.25) is 0 Å². The lowest BCUT2D eigenvalue weighted by Crippen LogP contribution is -2.38. The van der Waals surface area contributed by atoms with Crippen LogP contribution in [0.25, 0.3) is 0 Å². The van der Waals surface area contributed by atoms with Gasteiger partial charge >= 0.3 is 0 Å². The fraction of sp³-hybridized carbons (Fsp3) is 0.458. The Morgan fingerprint density at radius 1 is 1.07 bits per heavy atom. The molecule has 0 unspecified atom stereocenters. The van der Waals surface area contributed by atoms with Gasteiger partial charge in [-0.05, 0) is 67.3 Å². The first-order valence-electron chi connectivity index (χ1n) is 10.0. The molecule has 2 aromatic rings. The summed E-state index contributed by atoms with van der Waals surface area (Å²) in [5, 5.41) is 3.02. The molecule has 2 rings (SSSR count). The molecule has 146 valence electrons. The third-order valence-corrected chi connectivity index (χ3v) is 5.08. The van der Waals surface area contributed by atoms with Crippen molar-refractivity contribution in [1.82, 2.24) is 5.32 Å². The summed E-state index contributed by atoms with van der Waals surface area (Å²) in [4.78, 5) is 12.5. The first-order valence-corrected chi connectivity index (χ1v) is 10.0. The minimum absolute atomic E-state index is 0.0337. The molecule has 0 aliphatic carbocycles. The number of rotatable bonds is 9. The fourth-order valence-corrected chi connectivity index (χ4v) is 3.01. The van der Waals surface area contributed by atoms with Gasteiger partial charge in [-0.1, -0.05) is 57.2 Å². The Morgan fingerprint density at radius 2 is 1.78 bits per heavy atom. The van der Waals surface area contributed by atoms with E-state index in [0.717, 1.165) is 24.2 Å². The highest BCUT2D eigenvalue weighted by Gasteiger charge is 2.18. The minimum atomic E-state index is -0.448. The van der Waals surface area contributed by atoms with Gasteiger partial charge in [0.25, 0.3) is 5.91 Å². The van der Waals surface area contributed by atoms with Gasteiger partial charge in [-0.15, -0.1) is 0 Å². The molecule has 0 bridgehead atoms. The number of hydrogen-bond acceptors (Lipinski definition) is 2. The van der Waals surface area contributed by atoms with Crippen LogP contribution in [-0.2, 0) is 11.2 Å². The molecule has 3 heteroatoms. The largest absolute Gasteiger partial charge is 0.480 e. The summed E-state index contributed by atoms with van der Waals surface area (Å²) in [6.45, 7) is 11.1. The smallest absolute Gasteiger partial charge is 0.261 e. The molecule has 0 saturated carbocycles. The highest BCUT2D eigenvalue weighted by molar-refractivity contribution is 5.81. The zero-order chi connectivity index (χ0) is 19.8. The van der Waals surface area contributed by atoms with Gasteiger partial charge in [-0.3, -0.25) is 4.79 Å². The number of nitrogens with one attached hydrogen (secondary N) is 1. The van der Waals surface area contributed by atoms with Gasteiger partial charge in [-0.2, -0.15) is 0 Å². The molecule has 1 amide bonds. The molecule has 0 radical (unpaired) electrons. The SMILES string of the molecule is CC[C@@H](Oc1cccc(C)c1C)C(=O)NCCCc1ccc(C(C)C)cc1. The summed E-state index contributed by atoms with van der Waals surface area (Å²) < 4.78 is 5.98. The quantitative estimate of drug-likeness (QED) is 0.608. The van der Waals surface area contributed by atoms with Gasteiger partial charge < -0.3 is 10.1 Å². The second-order valence-electron chi connectivity index (χ2n) is 7.50. The van der Waals surface area contributed by atoms with Crippen LogP contribution < -0.4 is 10.1 Å².